The molecule has 0 aromatic heterocycles. The zero-order valence-electron chi connectivity index (χ0n) is 29.9. The molecule has 3 saturated heterocycles. The molecular formula is C38H54O11. The number of fused-ring (bicyclic) bond motifs is 2. The molecule has 13 atom stereocenters. The fraction of sp³-hybridized carbons (Fsp3) is 0.684. The number of aliphatic hydroxyl groups is 4. The highest BCUT2D eigenvalue weighted by Crippen LogP contribution is 2.48. The lowest BCUT2D eigenvalue weighted by Crippen LogP contribution is -2.67. The van der Waals surface area contributed by atoms with Gasteiger partial charge in [0.2, 0.25) is 5.79 Å². The highest BCUT2D eigenvalue weighted by molar-refractivity contribution is 5.78. The molecule has 0 radical (unpaired) electrons. The monoisotopic (exact) mass is 686 g/mol. The first-order valence-corrected chi connectivity index (χ1v) is 17.5. The number of hydrogen-bond acceptors (Lipinski definition) is 11. The predicted octanol–water partition coefficient (Wildman–Crippen LogP) is 3.60. The molecule has 5 aliphatic rings. The van der Waals surface area contributed by atoms with Gasteiger partial charge in [0.05, 0.1) is 30.8 Å². The van der Waals surface area contributed by atoms with E-state index in [0.29, 0.717) is 23.1 Å². The summed E-state index contributed by atoms with van der Waals surface area (Å²) in [5, 5.41) is 46.4. The van der Waals surface area contributed by atoms with Crippen LogP contribution in [0.3, 0.4) is 0 Å². The molecule has 11 nitrogen and oxygen atoms in total. The van der Waals surface area contributed by atoms with E-state index in [1.165, 1.54) is 6.08 Å². The third-order valence-electron chi connectivity index (χ3n) is 11.1. The second-order valence-electron chi connectivity index (χ2n) is 14.9. The van der Waals surface area contributed by atoms with Crippen molar-refractivity contribution >= 4 is 11.9 Å². The Morgan fingerprint density at radius 3 is 2.47 bits per heavy atom. The Bertz CT molecular complexity index is 1430. The molecule has 0 aromatic rings. The van der Waals surface area contributed by atoms with Crippen molar-refractivity contribution < 1.29 is 53.7 Å². The van der Waals surface area contributed by atoms with Crippen LogP contribution in [0.1, 0.15) is 74.7 Å². The maximum absolute atomic E-state index is 14.2. The van der Waals surface area contributed by atoms with Crippen molar-refractivity contribution in [1.82, 2.24) is 0 Å². The molecule has 3 fully saturated rings. The van der Waals surface area contributed by atoms with Gasteiger partial charge in [-0.05, 0) is 56.4 Å². The van der Waals surface area contributed by atoms with E-state index in [-0.39, 0.29) is 25.4 Å². The lowest BCUT2D eigenvalue weighted by molar-refractivity contribution is -0.380. The second kappa shape index (κ2) is 14.5. The van der Waals surface area contributed by atoms with Gasteiger partial charge in [0.25, 0.3) is 0 Å². The van der Waals surface area contributed by atoms with Gasteiger partial charge < -0.3 is 44.1 Å². The third-order valence-corrected chi connectivity index (χ3v) is 11.1. The maximum atomic E-state index is 14.2. The van der Waals surface area contributed by atoms with Crippen LogP contribution in [-0.4, -0.2) is 99.2 Å². The summed E-state index contributed by atoms with van der Waals surface area (Å²) in [6, 6.07) is 0. The van der Waals surface area contributed by atoms with E-state index in [4.69, 9.17) is 23.7 Å². The fourth-order valence-corrected chi connectivity index (χ4v) is 7.80. The molecule has 0 amide bonds. The van der Waals surface area contributed by atoms with Crippen LogP contribution < -0.4 is 0 Å². The quantitative estimate of drug-likeness (QED) is 0.254. The number of ether oxygens (including phenoxy) is 5. The SMILES string of the molecule is C/C=C(\C)[C@H]1O[C@@]2(C[C@@H]3C[C@@H](C/C=C(/C)[C@H](O)[C@@H](C)/C=C\C=C4\CO[C@@H]5[C@H](O)C(C)=C[C@@H](C(=O)O3)[C@]45O)O2)[C@H](O)[C@@H](OC(=O)C(C)C)[C@@H]1C. The molecule has 0 saturated carbocycles. The van der Waals surface area contributed by atoms with Gasteiger partial charge in [0.15, 0.2) is 0 Å². The molecule has 1 aliphatic carbocycles. The normalized spacial score (nSPS) is 46.1. The Morgan fingerprint density at radius 1 is 1.08 bits per heavy atom. The number of rotatable bonds is 3. The second-order valence-corrected chi connectivity index (χ2v) is 14.9. The Balaban J connectivity index is 1.59. The number of hydrogen-bond donors (Lipinski definition) is 4. The van der Waals surface area contributed by atoms with Crippen LogP contribution in [0, 0.1) is 23.7 Å². The first-order valence-electron chi connectivity index (χ1n) is 17.5. The molecule has 0 aromatic carbocycles. The van der Waals surface area contributed by atoms with Gasteiger partial charge in [0, 0.05) is 24.7 Å². The van der Waals surface area contributed by atoms with Crippen LogP contribution >= 0.6 is 0 Å². The number of aliphatic hydroxyl groups excluding tert-OH is 3. The largest absolute Gasteiger partial charge is 0.462 e. The minimum Gasteiger partial charge on any atom is -0.462 e. The number of carbonyl (C=O) groups excluding carboxylic acids is 2. The van der Waals surface area contributed by atoms with Crippen molar-refractivity contribution in [3.05, 3.63) is 58.7 Å². The zero-order chi connectivity index (χ0) is 36.0. The van der Waals surface area contributed by atoms with Gasteiger partial charge in [-0.3, -0.25) is 9.59 Å². The van der Waals surface area contributed by atoms with Gasteiger partial charge >= 0.3 is 11.9 Å². The Kier molecular flexibility index (Phi) is 11.2. The molecule has 0 unspecified atom stereocenters. The van der Waals surface area contributed by atoms with E-state index in [2.05, 4.69) is 0 Å². The van der Waals surface area contributed by atoms with E-state index in [1.807, 2.05) is 52.8 Å². The summed E-state index contributed by atoms with van der Waals surface area (Å²) in [5.41, 5.74) is 0.547. The van der Waals surface area contributed by atoms with Gasteiger partial charge in [-0.1, -0.05) is 64.2 Å². The minimum absolute atomic E-state index is 0.00776. The van der Waals surface area contributed by atoms with Crippen LogP contribution in [0.5, 0.6) is 0 Å². The summed E-state index contributed by atoms with van der Waals surface area (Å²) in [7, 11) is 0. The smallest absolute Gasteiger partial charge is 0.316 e. The summed E-state index contributed by atoms with van der Waals surface area (Å²) in [5.74, 6) is -5.28. The molecular weight excluding hydrogens is 632 g/mol. The van der Waals surface area contributed by atoms with E-state index >= 15 is 0 Å². The van der Waals surface area contributed by atoms with Crippen molar-refractivity contribution in [2.45, 2.75) is 135 Å². The van der Waals surface area contributed by atoms with Crippen molar-refractivity contribution in [3.8, 4) is 0 Å². The molecule has 4 heterocycles. The van der Waals surface area contributed by atoms with Gasteiger partial charge in [-0.2, -0.15) is 0 Å². The molecule has 2 bridgehead atoms. The van der Waals surface area contributed by atoms with E-state index in [9.17, 15) is 30.0 Å². The summed E-state index contributed by atoms with van der Waals surface area (Å²) in [6.07, 6.45) is 3.46. The average molecular weight is 687 g/mol. The predicted molar refractivity (Wildman–Crippen MR) is 180 cm³/mol. The number of carbonyl (C=O) groups is 2. The summed E-state index contributed by atoms with van der Waals surface area (Å²) in [4.78, 5) is 27.1. The van der Waals surface area contributed by atoms with Gasteiger partial charge in [-0.25, -0.2) is 0 Å². The Labute approximate surface area is 289 Å². The minimum atomic E-state index is -1.89. The van der Waals surface area contributed by atoms with Crippen molar-refractivity contribution in [3.63, 3.8) is 0 Å². The van der Waals surface area contributed by atoms with Crippen LogP contribution in [0.15, 0.2) is 58.7 Å². The highest BCUT2D eigenvalue weighted by Gasteiger charge is 2.62. The molecule has 4 aliphatic heterocycles. The standard InChI is InChI=1S/C38H54O11/c1-9-20(4)31-24(8)32(47-35(42)19(2)3)33(41)37(49-31)17-27-16-26(48-37)14-13-22(6)29(39)21(5)11-10-12-25-18-45-34-30(40)23(7)15-28(36(43)46-27)38(25,34)44/h9-13,15,19,21,24,26-34,39-41,44H,14,16-18H2,1-8H3/b11-10-,20-9+,22-13-,25-12-/t21-,24+,26+,27-,28-,29+,30+,31+,32-,33+,34+,37-,38+/m0/s1. The maximum Gasteiger partial charge on any atom is 0.316 e. The molecule has 1 spiro atoms. The fourth-order valence-electron chi connectivity index (χ4n) is 7.80. The molecule has 272 valence electrons. The third kappa shape index (κ3) is 7.00. The van der Waals surface area contributed by atoms with E-state index in [1.54, 1.807) is 32.9 Å². The lowest BCUT2D eigenvalue weighted by atomic mass is 9.71. The van der Waals surface area contributed by atoms with Gasteiger partial charge in [0.1, 0.15) is 42.0 Å². The highest BCUT2D eigenvalue weighted by atomic mass is 16.7. The summed E-state index contributed by atoms with van der Waals surface area (Å²) >= 11 is 0. The number of allylic oxidation sites excluding steroid dienone is 3. The van der Waals surface area contributed by atoms with Crippen molar-refractivity contribution in [2.75, 3.05) is 6.61 Å². The average Bonchev–Trinajstić information content (AvgIpc) is 3.40. The first-order chi connectivity index (χ1) is 23.0. The number of esters is 2. The van der Waals surface area contributed by atoms with Crippen molar-refractivity contribution in [1.29, 1.82) is 0 Å². The topological polar surface area (TPSA) is 161 Å². The summed E-state index contributed by atoms with van der Waals surface area (Å²) in [6.45, 7) is 14.4. The lowest BCUT2D eigenvalue weighted by Gasteiger charge is -2.54. The Morgan fingerprint density at radius 2 is 1.80 bits per heavy atom. The molecule has 49 heavy (non-hydrogen) atoms. The van der Waals surface area contributed by atoms with E-state index < -0.39 is 89.9 Å². The van der Waals surface area contributed by atoms with Crippen LogP contribution in [-0.2, 0) is 33.3 Å². The van der Waals surface area contributed by atoms with Crippen LogP contribution in [0.25, 0.3) is 0 Å². The molecule has 11 heteroatoms. The van der Waals surface area contributed by atoms with Gasteiger partial charge in [-0.15, -0.1) is 0 Å². The van der Waals surface area contributed by atoms with E-state index in [0.717, 1.165) is 5.57 Å². The Hall–Kier alpha value is -2.64. The van der Waals surface area contributed by atoms with Crippen LogP contribution in [0.4, 0.5) is 0 Å². The molecule has 5 rings (SSSR count). The molecule has 4 N–H and O–H groups in total. The first kappa shape index (κ1) is 37.6. The van der Waals surface area contributed by atoms with Crippen molar-refractivity contribution in [2.24, 2.45) is 23.7 Å². The summed E-state index contributed by atoms with van der Waals surface area (Å²) < 4.78 is 31.4. The zero-order valence-corrected chi connectivity index (χ0v) is 29.9. The van der Waals surface area contributed by atoms with Crippen LogP contribution in [0.2, 0.25) is 0 Å².